The molecule has 1 aromatic heterocycles. The Morgan fingerprint density at radius 1 is 1.47 bits per heavy atom. The number of nitrogens with two attached hydrogens (primary N) is 1. The second kappa shape index (κ2) is 7.52. The summed E-state index contributed by atoms with van der Waals surface area (Å²) in [6.07, 6.45) is 3.37. The van der Waals surface area contributed by atoms with Crippen molar-refractivity contribution in [1.29, 1.82) is 0 Å². The molecule has 0 aliphatic rings. The van der Waals surface area contributed by atoms with Crippen molar-refractivity contribution in [2.75, 3.05) is 13.2 Å². The van der Waals surface area contributed by atoms with Gasteiger partial charge in [-0.3, -0.25) is 19.1 Å². The minimum Gasteiger partial charge on any atom is -0.466 e. The molecule has 7 nitrogen and oxygen atoms in total. The number of nitrogens with one attached hydrogen (secondary N) is 1. The van der Waals surface area contributed by atoms with Crippen LogP contribution in [0.4, 0.5) is 0 Å². The molecule has 0 aliphatic carbocycles. The first-order chi connectivity index (χ1) is 9.04. The Morgan fingerprint density at radius 3 is 2.79 bits per heavy atom. The van der Waals surface area contributed by atoms with E-state index < -0.39 is 11.2 Å². The fourth-order valence-electron chi connectivity index (χ4n) is 1.86. The van der Waals surface area contributed by atoms with Gasteiger partial charge in [0.25, 0.3) is 5.56 Å². The molecule has 0 saturated heterocycles. The minimum atomic E-state index is -0.446. The first-order valence-corrected chi connectivity index (χ1v) is 6.19. The van der Waals surface area contributed by atoms with Crippen molar-refractivity contribution in [1.82, 2.24) is 9.55 Å². The van der Waals surface area contributed by atoms with E-state index in [1.807, 2.05) is 0 Å². The largest absolute Gasteiger partial charge is 0.466 e. The van der Waals surface area contributed by atoms with Crippen molar-refractivity contribution in [2.45, 2.75) is 32.2 Å². The zero-order valence-electron chi connectivity index (χ0n) is 10.9. The number of aromatic amines is 1. The van der Waals surface area contributed by atoms with Crippen molar-refractivity contribution in [3.05, 3.63) is 33.1 Å². The number of esters is 1. The van der Waals surface area contributed by atoms with E-state index in [2.05, 4.69) is 4.98 Å². The highest BCUT2D eigenvalue weighted by Crippen LogP contribution is 2.14. The van der Waals surface area contributed by atoms with Crippen LogP contribution in [0.25, 0.3) is 0 Å². The molecule has 19 heavy (non-hydrogen) atoms. The summed E-state index contributed by atoms with van der Waals surface area (Å²) in [7, 11) is 0. The Kier molecular flexibility index (Phi) is 6.01. The third-order valence-electron chi connectivity index (χ3n) is 2.73. The zero-order valence-corrected chi connectivity index (χ0v) is 10.9. The van der Waals surface area contributed by atoms with Gasteiger partial charge >= 0.3 is 11.7 Å². The van der Waals surface area contributed by atoms with Crippen LogP contribution in [0.1, 0.15) is 32.2 Å². The van der Waals surface area contributed by atoms with Gasteiger partial charge in [-0.05, 0) is 25.8 Å². The predicted molar refractivity (Wildman–Crippen MR) is 69.9 cm³/mol. The monoisotopic (exact) mass is 269 g/mol. The predicted octanol–water partition coefficient (Wildman–Crippen LogP) is -0.230. The molecule has 1 aromatic rings. The van der Waals surface area contributed by atoms with Crippen molar-refractivity contribution in [2.24, 2.45) is 5.73 Å². The maximum absolute atomic E-state index is 11.7. The summed E-state index contributed by atoms with van der Waals surface area (Å²) in [6, 6.07) is 1.20. The fraction of sp³-hybridized carbons (Fsp3) is 0.583. The summed E-state index contributed by atoms with van der Waals surface area (Å²) in [5.74, 6) is -0.323. The Bertz CT molecular complexity index is 520. The second-order valence-corrected chi connectivity index (χ2v) is 4.23. The van der Waals surface area contributed by atoms with Crippen LogP contribution in [0.3, 0.4) is 0 Å². The van der Waals surface area contributed by atoms with E-state index in [1.165, 1.54) is 23.8 Å². The van der Waals surface area contributed by atoms with Crippen LogP contribution in [-0.4, -0.2) is 28.7 Å². The summed E-state index contributed by atoms with van der Waals surface area (Å²) in [6.45, 7) is 2.10. The quantitative estimate of drug-likeness (QED) is 0.525. The van der Waals surface area contributed by atoms with Crippen molar-refractivity contribution in [3.8, 4) is 0 Å². The number of aromatic nitrogens is 2. The second-order valence-electron chi connectivity index (χ2n) is 4.23. The molecule has 3 N–H and O–H groups in total. The molecule has 1 heterocycles. The zero-order chi connectivity index (χ0) is 14.3. The molecule has 7 heteroatoms. The van der Waals surface area contributed by atoms with Gasteiger partial charge in [0.15, 0.2) is 0 Å². The molecule has 0 amide bonds. The van der Waals surface area contributed by atoms with E-state index in [9.17, 15) is 14.4 Å². The van der Waals surface area contributed by atoms with Crippen molar-refractivity contribution >= 4 is 5.97 Å². The lowest BCUT2D eigenvalue weighted by atomic mass is 10.1. The molecule has 1 unspecified atom stereocenters. The molecular formula is C12H19N3O4. The number of rotatable bonds is 7. The number of hydrogen-bond acceptors (Lipinski definition) is 5. The molecule has 1 atom stereocenters. The standard InChI is InChI=1S/C12H19N3O4/c1-9(16)19-8-2-3-10(4-6-13)15-7-5-11(17)14-12(15)18/h5,7,10H,2-4,6,8,13H2,1H3,(H,14,17,18). The number of carbonyl (C=O) groups is 1. The average molecular weight is 269 g/mol. The van der Waals surface area contributed by atoms with Gasteiger partial charge in [-0.1, -0.05) is 0 Å². The molecule has 0 saturated carbocycles. The van der Waals surface area contributed by atoms with Gasteiger partial charge in [0.2, 0.25) is 0 Å². The highest BCUT2D eigenvalue weighted by atomic mass is 16.5. The van der Waals surface area contributed by atoms with Gasteiger partial charge in [-0.15, -0.1) is 0 Å². The number of carbonyl (C=O) groups excluding carboxylic acids is 1. The number of H-pyrrole nitrogens is 1. The maximum Gasteiger partial charge on any atom is 0.328 e. The summed E-state index contributed by atoms with van der Waals surface area (Å²) in [4.78, 5) is 35.5. The Hall–Kier alpha value is -1.89. The fourth-order valence-corrected chi connectivity index (χ4v) is 1.86. The number of hydrogen-bond donors (Lipinski definition) is 2. The van der Waals surface area contributed by atoms with Gasteiger partial charge in [-0.2, -0.15) is 0 Å². The molecule has 0 aliphatic heterocycles. The lowest BCUT2D eigenvalue weighted by Gasteiger charge is -2.18. The van der Waals surface area contributed by atoms with Crippen molar-refractivity contribution < 1.29 is 9.53 Å². The molecule has 0 aromatic carbocycles. The molecule has 0 bridgehead atoms. The first-order valence-electron chi connectivity index (χ1n) is 6.19. The van der Waals surface area contributed by atoms with Crippen LogP contribution in [0.5, 0.6) is 0 Å². The van der Waals surface area contributed by atoms with Gasteiger partial charge in [-0.25, -0.2) is 4.79 Å². The third-order valence-corrected chi connectivity index (χ3v) is 2.73. The average Bonchev–Trinajstić information content (AvgIpc) is 2.33. The minimum absolute atomic E-state index is 0.107. The molecule has 106 valence electrons. The normalized spacial score (nSPS) is 12.1. The summed E-state index contributed by atoms with van der Waals surface area (Å²) < 4.78 is 6.30. The Labute approximate surface area is 110 Å². The van der Waals surface area contributed by atoms with E-state index in [0.29, 0.717) is 32.4 Å². The van der Waals surface area contributed by atoms with E-state index in [1.54, 1.807) is 0 Å². The van der Waals surface area contributed by atoms with Crippen LogP contribution < -0.4 is 17.0 Å². The van der Waals surface area contributed by atoms with E-state index in [4.69, 9.17) is 10.5 Å². The molecule has 1 rings (SSSR count). The van der Waals surface area contributed by atoms with Crippen LogP contribution in [-0.2, 0) is 9.53 Å². The number of ether oxygens (including phenoxy) is 1. The first kappa shape index (κ1) is 15.2. The van der Waals surface area contributed by atoms with E-state index in [0.717, 1.165) is 0 Å². The number of nitrogens with zero attached hydrogens (tertiary/aromatic N) is 1. The SMILES string of the molecule is CC(=O)OCCCC(CCN)n1ccc(=O)[nH]c1=O. The van der Waals surface area contributed by atoms with Gasteiger partial charge < -0.3 is 10.5 Å². The van der Waals surface area contributed by atoms with Crippen LogP contribution in [0.2, 0.25) is 0 Å². The summed E-state index contributed by atoms with van der Waals surface area (Å²) in [5, 5.41) is 0. The Morgan fingerprint density at radius 2 is 2.21 bits per heavy atom. The Balaban J connectivity index is 2.68. The van der Waals surface area contributed by atoms with Crippen LogP contribution in [0, 0.1) is 0 Å². The lowest BCUT2D eigenvalue weighted by molar-refractivity contribution is -0.141. The molecule has 0 spiro atoms. The van der Waals surface area contributed by atoms with Gasteiger partial charge in [0.05, 0.1) is 6.61 Å². The topological polar surface area (TPSA) is 107 Å². The lowest BCUT2D eigenvalue weighted by Crippen LogP contribution is -2.32. The molecular weight excluding hydrogens is 250 g/mol. The van der Waals surface area contributed by atoms with Gasteiger partial charge in [0, 0.05) is 25.2 Å². The molecule has 0 radical (unpaired) electrons. The van der Waals surface area contributed by atoms with Crippen LogP contribution >= 0.6 is 0 Å². The van der Waals surface area contributed by atoms with Gasteiger partial charge in [0.1, 0.15) is 0 Å². The van der Waals surface area contributed by atoms with Crippen LogP contribution in [0.15, 0.2) is 21.9 Å². The summed E-state index contributed by atoms with van der Waals surface area (Å²) >= 11 is 0. The van der Waals surface area contributed by atoms with E-state index in [-0.39, 0.29) is 12.0 Å². The summed E-state index contributed by atoms with van der Waals surface area (Å²) in [5.41, 5.74) is 4.66. The van der Waals surface area contributed by atoms with E-state index >= 15 is 0 Å². The third kappa shape index (κ3) is 5.09. The molecule has 0 fully saturated rings. The maximum atomic E-state index is 11.7. The highest BCUT2D eigenvalue weighted by Gasteiger charge is 2.12. The smallest absolute Gasteiger partial charge is 0.328 e. The highest BCUT2D eigenvalue weighted by molar-refractivity contribution is 5.65. The van der Waals surface area contributed by atoms with Crippen molar-refractivity contribution in [3.63, 3.8) is 0 Å².